The third-order valence-electron chi connectivity index (χ3n) is 2.89. The molecular formula is C10H16N2OS. The first-order valence-electron chi connectivity index (χ1n) is 5.13. The molecule has 0 saturated heterocycles. The minimum atomic E-state index is 0.315. The van der Waals surface area contributed by atoms with Gasteiger partial charge in [0.1, 0.15) is 5.01 Å². The second-order valence-corrected chi connectivity index (χ2v) is 4.77. The van der Waals surface area contributed by atoms with Crippen LogP contribution in [0, 0.1) is 5.92 Å². The third-order valence-corrected chi connectivity index (χ3v) is 3.67. The standard InChI is InChI=1S/C10H16N2OS/c13-7-8-2-1-3-9(8)12-6-10-11-4-5-14-10/h4-5,8-9,12-13H,1-3,6-7H2. The molecule has 2 N–H and O–H groups in total. The van der Waals surface area contributed by atoms with Crippen LogP contribution in [0.5, 0.6) is 0 Å². The first-order valence-corrected chi connectivity index (χ1v) is 6.00. The molecule has 1 aliphatic rings. The summed E-state index contributed by atoms with van der Waals surface area (Å²) in [5, 5.41) is 15.7. The highest BCUT2D eigenvalue weighted by Crippen LogP contribution is 2.25. The second-order valence-electron chi connectivity index (χ2n) is 3.79. The molecule has 2 unspecified atom stereocenters. The molecule has 2 atom stereocenters. The van der Waals surface area contributed by atoms with Crippen LogP contribution in [0.2, 0.25) is 0 Å². The predicted octanol–water partition coefficient (Wildman–Crippen LogP) is 1.39. The van der Waals surface area contributed by atoms with E-state index in [9.17, 15) is 0 Å². The number of rotatable bonds is 4. The van der Waals surface area contributed by atoms with Gasteiger partial charge in [-0.25, -0.2) is 4.98 Å². The number of aromatic nitrogens is 1. The Morgan fingerprint density at radius 2 is 2.50 bits per heavy atom. The topological polar surface area (TPSA) is 45.1 Å². The van der Waals surface area contributed by atoms with Gasteiger partial charge in [-0.3, -0.25) is 0 Å². The van der Waals surface area contributed by atoms with Crippen LogP contribution in [0.3, 0.4) is 0 Å². The van der Waals surface area contributed by atoms with Crippen LogP contribution in [0.4, 0.5) is 0 Å². The van der Waals surface area contributed by atoms with Gasteiger partial charge in [-0.15, -0.1) is 11.3 Å². The number of aliphatic hydroxyl groups excluding tert-OH is 1. The van der Waals surface area contributed by atoms with Gasteiger partial charge in [-0.1, -0.05) is 6.42 Å². The van der Waals surface area contributed by atoms with E-state index in [1.807, 2.05) is 11.6 Å². The van der Waals surface area contributed by atoms with Crippen molar-refractivity contribution >= 4 is 11.3 Å². The number of nitrogens with one attached hydrogen (secondary N) is 1. The summed E-state index contributed by atoms with van der Waals surface area (Å²) in [4.78, 5) is 4.22. The lowest BCUT2D eigenvalue weighted by atomic mass is 10.1. The maximum atomic E-state index is 9.14. The molecule has 1 saturated carbocycles. The summed E-state index contributed by atoms with van der Waals surface area (Å²) in [5.41, 5.74) is 0. The van der Waals surface area contributed by atoms with Crippen molar-refractivity contribution in [1.82, 2.24) is 10.3 Å². The van der Waals surface area contributed by atoms with Crippen LogP contribution < -0.4 is 5.32 Å². The Balaban J connectivity index is 1.80. The molecule has 4 heteroatoms. The lowest BCUT2D eigenvalue weighted by molar-refractivity contribution is 0.205. The van der Waals surface area contributed by atoms with Gasteiger partial charge in [-0.05, 0) is 18.8 Å². The van der Waals surface area contributed by atoms with E-state index < -0.39 is 0 Å². The maximum Gasteiger partial charge on any atom is 0.106 e. The largest absolute Gasteiger partial charge is 0.396 e. The Labute approximate surface area is 88.2 Å². The van der Waals surface area contributed by atoms with Gasteiger partial charge < -0.3 is 10.4 Å². The van der Waals surface area contributed by atoms with E-state index in [0.717, 1.165) is 18.0 Å². The number of hydrogen-bond donors (Lipinski definition) is 2. The fraction of sp³-hybridized carbons (Fsp3) is 0.700. The van der Waals surface area contributed by atoms with E-state index in [2.05, 4.69) is 10.3 Å². The van der Waals surface area contributed by atoms with Crippen LogP contribution >= 0.6 is 11.3 Å². The van der Waals surface area contributed by atoms with Crippen molar-refractivity contribution < 1.29 is 5.11 Å². The third kappa shape index (κ3) is 2.32. The summed E-state index contributed by atoms with van der Waals surface area (Å²) >= 11 is 1.68. The van der Waals surface area contributed by atoms with Gasteiger partial charge in [0.15, 0.2) is 0 Å². The molecule has 2 rings (SSSR count). The number of aliphatic hydroxyl groups is 1. The molecule has 78 valence electrons. The quantitative estimate of drug-likeness (QED) is 0.793. The van der Waals surface area contributed by atoms with Crippen LogP contribution in [-0.2, 0) is 6.54 Å². The average molecular weight is 212 g/mol. The Morgan fingerprint density at radius 3 is 3.21 bits per heavy atom. The highest BCUT2D eigenvalue weighted by atomic mass is 32.1. The number of nitrogens with zero attached hydrogens (tertiary/aromatic N) is 1. The van der Waals surface area contributed by atoms with Crippen molar-refractivity contribution in [2.45, 2.75) is 31.8 Å². The molecule has 0 amide bonds. The fourth-order valence-electron chi connectivity index (χ4n) is 2.08. The maximum absolute atomic E-state index is 9.14. The first kappa shape index (κ1) is 10.1. The Kier molecular flexibility index (Phi) is 3.50. The van der Waals surface area contributed by atoms with E-state index in [4.69, 9.17) is 5.11 Å². The van der Waals surface area contributed by atoms with Crippen LogP contribution in [0.25, 0.3) is 0 Å². The molecule has 1 heterocycles. The lowest BCUT2D eigenvalue weighted by Gasteiger charge is -2.18. The molecule has 1 aromatic heterocycles. The molecule has 0 spiro atoms. The van der Waals surface area contributed by atoms with Gasteiger partial charge in [0, 0.05) is 30.8 Å². The molecule has 0 radical (unpaired) electrons. The summed E-state index contributed by atoms with van der Waals surface area (Å²) in [6.07, 6.45) is 5.42. The van der Waals surface area contributed by atoms with Crippen LogP contribution in [0.15, 0.2) is 11.6 Å². The Hall–Kier alpha value is -0.450. The molecule has 3 nitrogen and oxygen atoms in total. The fourth-order valence-corrected chi connectivity index (χ4v) is 2.65. The lowest BCUT2D eigenvalue weighted by Crippen LogP contribution is -2.33. The van der Waals surface area contributed by atoms with E-state index in [-0.39, 0.29) is 0 Å². The number of thiazole rings is 1. The van der Waals surface area contributed by atoms with E-state index >= 15 is 0 Å². The molecule has 1 fully saturated rings. The van der Waals surface area contributed by atoms with Crippen molar-refractivity contribution in [1.29, 1.82) is 0 Å². The summed E-state index contributed by atoms with van der Waals surface area (Å²) in [6.45, 7) is 1.16. The average Bonchev–Trinajstić information content (AvgIpc) is 2.85. The van der Waals surface area contributed by atoms with Crippen molar-refractivity contribution in [3.05, 3.63) is 16.6 Å². The molecule has 0 aromatic carbocycles. The van der Waals surface area contributed by atoms with Gasteiger partial charge in [0.05, 0.1) is 0 Å². The Morgan fingerprint density at radius 1 is 1.57 bits per heavy atom. The highest BCUT2D eigenvalue weighted by molar-refractivity contribution is 7.09. The molecule has 1 aromatic rings. The summed E-state index contributed by atoms with van der Waals surface area (Å²) < 4.78 is 0. The highest BCUT2D eigenvalue weighted by Gasteiger charge is 2.25. The molecular weight excluding hydrogens is 196 g/mol. The van der Waals surface area contributed by atoms with Gasteiger partial charge in [0.25, 0.3) is 0 Å². The normalized spacial score (nSPS) is 26.9. The van der Waals surface area contributed by atoms with E-state index in [0.29, 0.717) is 18.6 Å². The van der Waals surface area contributed by atoms with E-state index in [1.54, 1.807) is 11.3 Å². The molecule has 0 aliphatic heterocycles. The van der Waals surface area contributed by atoms with Crippen molar-refractivity contribution in [2.75, 3.05) is 6.61 Å². The van der Waals surface area contributed by atoms with Crippen molar-refractivity contribution in [3.8, 4) is 0 Å². The number of hydrogen-bond acceptors (Lipinski definition) is 4. The molecule has 14 heavy (non-hydrogen) atoms. The SMILES string of the molecule is OCC1CCCC1NCc1nccs1. The second kappa shape index (κ2) is 4.87. The smallest absolute Gasteiger partial charge is 0.106 e. The molecule has 1 aliphatic carbocycles. The molecule has 0 bridgehead atoms. The van der Waals surface area contributed by atoms with Gasteiger partial charge in [-0.2, -0.15) is 0 Å². The van der Waals surface area contributed by atoms with Crippen molar-refractivity contribution in [3.63, 3.8) is 0 Å². The van der Waals surface area contributed by atoms with Crippen molar-refractivity contribution in [2.24, 2.45) is 5.92 Å². The van der Waals surface area contributed by atoms with Gasteiger partial charge in [0.2, 0.25) is 0 Å². The minimum Gasteiger partial charge on any atom is -0.396 e. The minimum absolute atomic E-state index is 0.315. The van der Waals surface area contributed by atoms with Gasteiger partial charge >= 0.3 is 0 Å². The monoisotopic (exact) mass is 212 g/mol. The summed E-state index contributed by atoms with van der Waals surface area (Å²) in [5.74, 6) is 0.454. The summed E-state index contributed by atoms with van der Waals surface area (Å²) in [7, 11) is 0. The zero-order valence-corrected chi connectivity index (χ0v) is 8.96. The Bertz CT molecular complexity index is 263. The zero-order chi connectivity index (χ0) is 9.80. The van der Waals surface area contributed by atoms with Crippen LogP contribution in [0.1, 0.15) is 24.3 Å². The summed E-state index contributed by atoms with van der Waals surface area (Å²) in [6, 6.07) is 0.490. The zero-order valence-electron chi connectivity index (χ0n) is 8.15. The van der Waals surface area contributed by atoms with Crippen LogP contribution in [-0.4, -0.2) is 22.7 Å². The van der Waals surface area contributed by atoms with E-state index in [1.165, 1.54) is 12.8 Å². The predicted molar refractivity (Wildman–Crippen MR) is 57.2 cm³/mol. The first-order chi connectivity index (χ1) is 6.90.